The van der Waals surface area contributed by atoms with Crippen molar-refractivity contribution >= 4 is 16.9 Å². The summed E-state index contributed by atoms with van der Waals surface area (Å²) in [6, 6.07) is 11.1. The highest BCUT2D eigenvalue weighted by Crippen LogP contribution is 2.44. The van der Waals surface area contributed by atoms with E-state index in [9.17, 15) is 50.4 Å². The largest absolute Gasteiger partial charge is 0.508 e. The number of carbonyl (C=O) groups excluding carboxylic acids is 1. The first-order valence-electron chi connectivity index (χ1n) is 15.5. The second-order valence-electron chi connectivity index (χ2n) is 12.1. The Bertz CT molecular complexity index is 2260. The third kappa shape index (κ3) is 6.79. The number of phenolic OH excluding ortho intramolecular Hbond substituents is 8. The number of carbonyl (C=O) groups is 1. The van der Waals surface area contributed by atoms with E-state index >= 15 is 0 Å². The Morgan fingerprint density at radius 3 is 2.20 bits per heavy atom. The lowest BCUT2D eigenvalue weighted by Gasteiger charge is -2.34. The molecular weight excluding hydrogens is 668 g/mol. The van der Waals surface area contributed by atoms with Crippen LogP contribution in [0.1, 0.15) is 45.8 Å². The van der Waals surface area contributed by atoms with Crippen LogP contribution in [0.4, 0.5) is 0 Å². The summed E-state index contributed by atoms with van der Waals surface area (Å²) < 4.78 is 22.5. The van der Waals surface area contributed by atoms with Crippen molar-refractivity contribution in [1.29, 1.82) is 0 Å². The Balaban J connectivity index is 0.000000200. The molecule has 0 fully saturated rings. The minimum absolute atomic E-state index is 0.0350. The Labute approximate surface area is 288 Å². The van der Waals surface area contributed by atoms with Gasteiger partial charge in [0.15, 0.2) is 40.3 Å². The van der Waals surface area contributed by atoms with E-state index in [4.69, 9.17) is 18.6 Å². The first-order valence-corrected chi connectivity index (χ1v) is 15.5. The van der Waals surface area contributed by atoms with Gasteiger partial charge in [-0.3, -0.25) is 4.79 Å². The molecule has 2 aliphatic rings. The molecule has 2 unspecified atom stereocenters. The van der Waals surface area contributed by atoms with Gasteiger partial charge in [-0.1, -0.05) is 12.1 Å². The van der Waals surface area contributed by atoms with Crippen LogP contribution in [0.25, 0.3) is 11.0 Å². The van der Waals surface area contributed by atoms with Crippen LogP contribution in [0.2, 0.25) is 0 Å². The normalized spacial score (nSPS) is 16.2. The van der Waals surface area contributed by atoms with E-state index in [1.165, 1.54) is 30.3 Å². The Hall–Kier alpha value is -6.70. The molecule has 264 valence electrons. The number of rotatable bonds is 3. The maximum absolute atomic E-state index is 12.7. The number of phenols is 8. The predicted octanol–water partition coefficient (Wildman–Crippen LogP) is 5.22. The zero-order valence-corrected chi connectivity index (χ0v) is 27.1. The third-order valence-electron chi connectivity index (χ3n) is 8.35. The monoisotopic (exact) mass is 700 g/mol. The van der Waals surface area contributed by atoms with E-state index in [1.54, 1.807) is 13.0 Å². The summed E-state index contributed by atoms with van der Waals surface area (Å²) in [5.41, 5.74) is 2.19. The number of aromatic hydroxyl groups is 8. The van der Waals surface area contributed by atoms with Gasteiger partial charge in [0.05, 0.1) is 5.56 Å². The predicted molar refractivity (Wildman–Crippen MR) is 179 cm³/mol. The van der Waals surface area contributed by atoms with E-state index in [1.807, 2.05) is 13.0 Å². The fourth-order valence-corrected chi connectivity index (χ4v) is 5.77. The summed E-state index contributed by atoms with van der Waals surface area (Å²) >= 11 is 0. The highest BCUT2D eigenvalue weighted by molar-refractivity contribution is 5.91. The summed E-state index contributed by atoms with van der Waals surface area (Å²) in [6.07, 6.45) is 0.421. The van der Waals surface area contributed by atoms with Gasteiger partial charge in [0, 0.05) is 47.4 Å². The van der Waals surface area contributed by atoms with Crippen molar-refractivity contribution in [2.24, 2.45) is 0 Å². The lowest BCUT2D eigenvalue weighted by molar-refractivity contribution is -0.0189. The quantitative estimate of drug-likeness (QED) is 0.0685. The van der Waals surface area contributed by atoms with Gasteiger partial charge in [0.25, 0.3) is 0 Å². The summed E-state index contributed by atoms with van der Waals surface area (Å²) in [6.45, 7) is 4.15. The number of hydrogen-bond donors (Lipinski definition) is 8. The van der Waals surface area contributed by atoms with Crippen LogP contribution in [0, 0.1) is 6.92 Å². The van der Waals surface area contributed by atoms with Crippen molar-refractivity contribution in [2.75, 3.05) is 6.61 Å². The maximum atomic E-state index is 12.7. The van der Waals surface area contributed by atoms with Gasteiger partial charge in [-0.25, -0.2) is 4.79 Å². The molecule has 2 atom stereocenters. The SMILES string of the molecule is CC1=CCc2c(cc3oc(C)cc(=O)c3c2O)OC1.O=C(OC1Cc2c(O)cc(O)cc2OC1c1ccc(O)c(O)c1)c1cc(O)c(O)c(O)c1. The fourth-order valence-electron chi connectivity index (χ4n) is 5.77. The van der Waals surface area contributed by atoms with Crippen molar-refractivity contribution in [1.82, 2.24) is 0 Å². The lowest BCUT2D eigenvalue weighted by Crippen LogP contribution is -2.34. The van der Waals surface area contributed by atoms with Crippen LogP contribution in [0.3, 0.4) is 0 Å². The Kier molecular flexibility index (Phi) is 8.92. The van der Waals surface area contributed by atoms with Gasteiger partial charge in [-0.2, -0.15) is 0 Å². The van der Waals surface area contributed by atoms with Crippen molar-refractivity contribution in [3.63, 3.8) is 0 Å². The van der Waals surface area contributed by atoms with Crippen molar-refractivity contribution in [2.45, 2.75) is 38.9 Å². The molecule has 0 bridgehead atoms. The van der Waals surface area contributed by atoms with Crippen LogP contribution in [0.5, 0.6) is 57.5 Å². The molecule has 0 saturated heterocycles. The number of esters is 1. The summed E-state index contributed by atoms with van der Waals surface area (Å²) in [7, 11) is 0. The summed E-state index contributed by atoms with van der Waals surface area (Å²) in [4.78, 5) is 24.7. The molecule has 0 radical (unpaired) electrons. The molecule has 0 spiro atoms. The topological polar surface area (TPSA) is 237 Å². The van der Waals surface area contributed by atoms with E-state index in [0.717, 1.165) is 23.8 Å². The van der Waals surface area contributed by atoms with Crippen LogP contribution in [-0.4, -0.2) is 59.5 Å². The molecule has 0 saturated carbocycles. The zero-order valence-electron chi connectivity index (χ0n) is 27.1. The van der Waals surface area contributed by atoms with Crippen LogP contribution in [-0.2, 0) is 17.6 Å². The smallest absolute Gasteiger partial charge is 0.338 e. The molecule has 7 rings (SSSR count). The Morgan fingerprint density at radius 1 is 0.765 bits per heavy atom. The van der Waals surface area contributed by atoms with Gasteiger partial charge in [0.2, 0.25) is 0 Å². The maximum Gasteiger partial charge on any atom is 0.338 e. The van der Waals surface area contributed by atoms with E-state index in [2.05, 4.69) is 0 Å². The van der Waals surface area contributed by atoms with Gasteiger partial charge >= 0.3 is 5.97 Å². The first kappa shape index (κ1) is 34.2. The second-order valence-corrected chi connectivity index (χ2v) is 12.1. The molecule has 5 aromatic rings. The summed E-state index contributed by atoms with van der Waals surface area (Å²) in [5, 5.41) is 78.8. The molecule has 14 nitrogen and oxygen atoms in total. The van der Waals surface area contributed by atoms with E-state index in [-0.39, 0.29) is 57.1 Å². The van der Waals surface area contributed by atoms with Crippen LogP contribution in [0.15, 0.2) is 75.5 Å². The minimum Gasteiger partial charge on any atom is -0.508 e. The third-order valence-corrected chi connectivity index (χ3v) is 8.35. The molecule has 14 heteroatoms. The molecule has 51 heavy (non-hydrogen) atoms. The number of benzene rings is 4. The van der Waals surface area contributed by atoms with Crippen molar-refractivity contribution in [3.05, 3.63) is 104 Å². The van der Waals surface area contributed by atoms with Crippen molar-refractivity contribution < 1.29 is 64.3 Å². The van der Waals surface area contributed by atoms with Crippen molar-refractivity contribution in [3.8, 4) is 57.5 Å². The summed E-state index contributed by atoms with van der Waals surface area (Å²) in [5.74, 6) is -3.38. The molecule has 8 N–H and O–H groups in total. The standard InChI is InChI=1S/C22H18O10.C15H14O4/c23-11-6-14(25)12-8-19(32-22(30)10-4-16(27)20(29)17(28)5-10)21(31-18(12)7-11)9-1-2-13(24)15(26)3-9;1-8-3-4-10-12(18-7-8)6-13-14(15(10)17)11(16)5-9(2)19-13/h1-7,19,21,23-29H,8H2;3,5-6,17H,4,7H2,1-2H3. The molecule has 4 aromatic carbocycles. The van der Waals surface area contributed by atoms with E-state index < -0.39 is 41.2 Å². The number of allylic oxidation sites excluding steroid dienone is 1. The van der Waals surface area contributed by atoms with Gasteiger partial charge in [0.1, 0.15) is 58.2 Å². The minimum atomic E-state index is -1.06. The molecule has 1 aromatic heterocycles. The van der Waals surface area contributed by atoms with Crippen LogP contribution >= 0.6 is 0 Å². The number of fused-ring (bicyclic) bond motifs is 3. The average Bonchev–Trinajstić information content (AvgIpc) is 3.25. The van der Waals surface area contributed by atoms with Gasteiger partial charge < -0.3 is 59.5 Å². The Morgan fingerprint density at radius 2 is 1.49 bits per heavy atom. The van der Waals surface area contributed by atoms with E-state index in [0.29, 0.717) is 41.2 Å². The first-order chi connectivity index (χ1) is 24.2. The molecule has 2 aliphatic heterocycles. The molecule has 0 amide bonds. The van der Waals surface area contributed by atoms with Gasteiger partial charge in [-0.05, 0) is 50.1 Å². The fraction of sp³-hybridized carbons (Fsp3) is 0.189. The number of ether oxygens (including phenoxy) is 3. The highest BCUT2D eigenvalue weighted by Gasteiger charge is 2.37. The lowest BCUT2D eigenvalue weighted by atomic mass is 9.93. The van der Waals surface area contributed by atoms with Crippen LogP contribution < -0.4 is 14.9 Å². The molecule has 0 aliphatic carbocycles. The highest BCUT2D eigenvalue weighted by atomic mass is 16.6. The zero-order chi connectivity index (χ0) is 36.7. The number of aryl methyl sites for hydroxylation is 1. The second kappa shape index (κ2) is 13.3. The average molecular weight is 701 g/mol. The molecular formula is C37H32O14. The molecule has 3 heterocycles. The van der Waals surface area contributed by atoms with Gasteiger partial charge in [-0.15, -0.1) is 0 Å². The number of hydrogen-bond acceptors (Lipinski definition) is 14.